The van der Waals surface area contributed by atoms with Gasteiger partial charge in [0.1, 0.15) is 16.1 Å². The van der Waals surface area contributed by atoms with Crippen molar-refractivity contribution in [2.45, 2.75) is 38.8 Å². The van der Waals surface area contributed by atoms with Crippen molar-refractivity contribution >= 4 is 21.7 Å². The number of carbonyl (C=O) groups excluding carboxylic acids is 1. The Morgan fingerprint density at radius 2 is 2.33 bits per heavy atom. The Hall–Kier alpha value is -0.680. The van der Waals surface area contributed by atoms with Crippen LogP contribution in [-0.4, -0.2) is 21.4 Å². The number of ketones is 1. The van der Waals surface area contributed by atoms with Crippen molar-refractivity contribution in [3.05, 3.63) is 16.1 Å². The molecule has 0 saturated carbocycles. The summed E-state index contributed by atoms with van der Waals surface area (Å²) in [5.41, 5.74) is 6.06. The number of Topliss-reactive ketones (excluding diaryl/α,β-unsaturated/α-hetero) is 1. The second-order valence-corrected chi connectivity index (χ2v) is 4.68. The molecule has 1 aliphatic heterocycles. The highest BCUT2D eigenvalue weighted by Gasteiger charge is 2.23. The summed E-state index contributed by atoms with van der Waals surface area (Å²) < 4.78 is 2.86. The zero-order valence-electron chi connectivity index (χ0n) is 8.66. The van der Waals surface area contributed by atoms with Gasteiger partial charge in [-0.1, -0.05) is 0 Å². The lowest BCUT2D eigenvalue weighted by atomic mass is 10.2. The molecule has 0 aliphatic carbocycles. The minimum atomic E-state index is -0.488. The third-order valence-corrected chi connectivity index (χ3v) is 3.47. The van der Waals surface area contributed by atoms with E-state index in [1.54, 1.807) is 6.92 Å². The minimum Gasteiger partial charge on any atom is -0.322 e. The van der Waals surface area contributed by atoms with E-state index >= 15 is 0 Å². The lowest BCUT2D eigenvalue weighted by molar-refractivity contribution is 0.0962. The summed E-state index contributed by atoms with van der Waals surface area (Å²) >= 11 is 3.43. The predicted molar refractivity (Wildman–Crippen MR) is 60.8 cm³/mol. The van der Waals surface area contributed by atoms with Crippen LogP contribution in [0.4, 0.5) is 0 Å². The van der Waals surface area contributed by atoms with Crippen LogP contribution in [0.25, 0.3) is 0 Å². The van der Waals surface area contributed by atoms with E-state index in [9.17, 15) is 4.79 Å². The average molecular weight is 272 g/mol. The SMILES string of the molecule is CC(N)C(=O)c1nc2n(c1Br)CCCC2. The van der Waals surface area contributed by atoms with E-state index in [2.05, 4.69) is 25.5 Å². The first kappa shape index (κ1) is 10.8. The van der Waals surface area contributed by atoms with Gasteiger partial charge in [-0.25, -0.2) is 4.98 Å². The van der Waals surface area contributed by atoms with Gasteiger partial charge in [-0.05, 0) is 35.7 Å². The lowest BCUT2D eigenvalue weighted by Crippen LogP contribution is -2.27. The van der Waals surface area contributed by atoms with Crippen LogP contribution < -0.4 is 5.73 Å². The molecule has 2 N–H and O–H groups in total. The molecule has 1 unspecified atom stereocenters. The Labute approximate surface area is 97.0 Å². The summed E-state index contributed by atoms with van der Waals surface area (Å²) in [6, 6.07) is -0.488. The Balaban J connectivity index is 2.41. The Morgan fingerprint density at radius 1 is 1.60 bits per heavy atom. The highest BCUT2D eigenvalue weighted by atomic mass is 79.9. The number of nitrogens with two attached hydrogens (primary N) is 1. The molecule has 2 rings (SSSR count). The predicted octanol–water partition coefficient (Wildman–Crippen LogP) is 1.51. The van der Waals surface area contributed by atoms with Crippen molar-refractivity contribution in [1.29, 1.82) is 0 Å². The van der Waals surface area contributed by atoms with Gasteiger partial charge in [0.05, 0.1) is 6.04 Å². The van der Waals surface area contributed by atoms with Gasteiger partial charge in [0, 0.05) is 13.0 Å². The molecule has 0 spiro atoms. The molecule has 0 amide bonds. The minimum absolute atomic E-state index is 0.0937. The highest BCUT2D eigenvalue weighted by Crippen LogP contribution is 2.24. The number of imidazole rings is 1. The maximum atomic E-state index is 11.8. The van der Waals surface area contributed by atoms with Gasteiger partial charge in [0.15, 0.2) is 5.78 Å². The molecule has 1 atom stereocenters. The molecular weight excluding hydrogens is 258 g/mol. The molecule has 5 heteroatoms. The number of hydrogen-bond donors (Lipinski definition) is 1. The van der Waals surface area contributed by atoms with Crippen LogP contribution in [-0.2, 0) is 13.0 Å². The monoisotopic (exact) mass is 271 g/mol. The number of nitrogens with zero attached hydrogens (tertiary/aromatic N) is 2. The van der Waals surface area contributed by atoms with E-state index in [1.807, 2.05) is 0 Å². The van der Waals surface area contributed by atoms with Gasteiger partial charge in [-0.3, -0.25) is 4.79 Å². The van der Waals surface area contributed by atoms with Gasteiger partial charge in [0.2, 0.25) is 0 Å². The first-order valence-corrected chi connectivity index (χ1v) is 5.95. The molecule has 0 aromatic carbocycles. The van der Waals surface area contributed by atoms with Crippen LogP contribution in [0.5, 0.6) is 0 Å². The van der Waals surface area contributed by atoms with E-state index in [-0.39, 0.29) is 5.78 Å². The molecule has 15 heavy (non-hydrogen) atoms. The summed E-state index contributed by atoms with van der Waals surface area (Å²) in [4.78, 5) is 16.1. The lowest BCUT2D eigenvalue weighted by Gasteiger charge is -2.13. The topological polar surface area (TPSA) is 60.9 Å². The zero-order valence-corrected chi connectivity index (χ0v) is 10.2. The molecule has 1 aromatic heterocycles. The smallest absolute Gasteiger partial charge is 0.200 e. The maximum absolute atomic E-state index is 11.8. The second-order valence-electron chi connectivity index (χ2n) is 3.93. The van der Waals surface area contributed by atoms with E-state index in [0.717, 1.165) is 36.2 Å². The molecule has 0 saturated heterocycles. The van der Waals surface area contributed by atoms with Crippen LogP contribution in [0, 0.1) is 0 Å². The summed E-state index contributed by atoms with van der Waals surface area (Å²) in [6.45, 7) is 2.63. The Morgan fingerprint density at radius 3 is 2.93 bits per heavy atom. The Kier molecular flexibility index (Phi) is 2.93. The fourth-order valence-electron chi connectivity index (χ4n) is 1.82. The maximum Gasteiger partial charge on any atom is 0.200 e. The van der Waals surface area contributed by atoms with Gasteiger partial charge in [-0.15, -0.1) is 0 Å². The number of carbonyl (C=O) groups is 1. The molecule has 1 aliphatic rings. The number of fused-ring (bicyclic) bond motifs is 1. The first-order valence-electron chi connectivity index (χ1n) is 5.16. The number of rotatable bonds is 2. The van der Waals surface area contributed by atoms with Crippen molar-refractivity contribution in [2.24, 2.45) is 5.73 Å². The summed E-state index contributed by atoms with van der Waals surface area (Å²) in [7, 11) is 0. The normalized spacial score (nSPS) is 17.3. The Bertz CT molecular complexity index is 398. The number of aryl methyl sites for hydroxylation is 1. The van der Waals surface area contributed by atoms with Crippen LogP contribution >= 0.6 is 15.9 Å². The van der Waals surface area contributed by atoms with Gasteiger partial charge >= 0.3 is 0 Å². The van der Waals surface area contributed by atoms with Gasteiger partial charge in [-0.2, -0.15) is 0 Å². The van der Waals surface area contributed by atoms with Crippen molar-refractivity contribution in [2.75, 3.05) is 0 Å². The van der Waals surface area contributed by atoms with E-state index in [4.69, 9.17) is 5.73 Å². The summed E-state index contributed by atoms with van der Waals surface area (Å²) in [6.07, 6.45) is 3.24. The number of hydrogen-bond acceptors (Lipinski definition) is 3. The standard InChI is InChI=1S/C10H14BrN3O/c1-6(12)9(15)8-10(11)14-5-3-2-4-7(14)13-8/h6H,2-5,12H2,1H3. The van der Waals surface area contributed by atoms with E-state index in [0.29, 0.717) is 5.69 Å². The molecule has 0 radical (unpaired) electrons. The molecule has 0 bridgehead atoms. The summed E-state index contributed by atoms with van der Waals surface area (Å²) in [5.74, 6) is 0.904. The van der Waals surface area contributed by atoms with E-state index in [1.165, 1.54) is 0 Å². The molecular formula is C10H14BrN3O. The van der Waals surface area contributed by atoms with Crippen LogP contribution in [0.2, 0.25) is 0 Å². The van der Waals surface area contributed by atoms with Gasteiger partial charge < -0.3 is 10.3 Å². The molecule has 4 nitrogen and oxygen atoms in total. The quantitative estimate of drug-likeness (QED) is 0.830. The van der Waals surface area contributed by atoms with Crippen molar-refractivity contribution in [1.82, 2.24) is 9.55 Å². The first-order chi connectivity index (χ1) is 7.11. The average Bonchev–Trinajstić information content (AvgIpc) is 2.56. The third-order valence-electron chi connectivity index (χ3n) is 2.66. The van der Waals surface area contributed by atoms with Gasteiger partial charge in [0.25, 0.3) is 0 Å². The van der Waals surface area contributed by atoms with Crippen LogP contribution in [0.3, 0.4) is 0 Å². The summed E-state index contributed by atoms with van der Waals surface area (Å²) in [5, 5.41) is 0. The second kappa shape index (κ2) is 4.06. The third kappa shape index (κ3) is 1.86. The number of aromatic nitrogens is 2. The largest absolute Gasteiger partial charge is 0.322 e. The molecule has 1 aromatic rings. The van der Waals surface area contributed by atoms with Crippen LogP contribution in [0.15, 0.2) is 4.60 Å². The van der Waals surface area contributed by atoms with Crippen molar-refractivity contribution in [3.63, 3.8) is 0 Å². The van der Waals surface area contributed by atoms with Crippen molar-refractivity contribution in [3.8, 4) is 0 Å². The fourth-order valence-corrected chi connectivity index (χ4v) is 2.49. The molecule has 2 heterocycles. The van der Waals surface area contributed by atoms with Crippen LogP contribution in [0.1, 0.15) is 36.1 Å². The van der Waals surface area contributed by atoms with E-state index < -0.39 is 6.04 Å². The zero-order chi connectivity index (χ0) is 11.0. The molecule has 0 fully saturated rings. The highest BCUT2D eigenvalue weighted by molar-refractivity contribution is 9.10. The van der Waals surface area contributed by atoms with Crippen molar-refractivity contribution < 1.29 is 4.79 Å². The fraction of sp³-hybridized carbons (Fsp3) is 0.600. The molecule has 82 valence electrons. The number of halogens is 1.